The predicted molar refractivity (Wildman–Crippen MR) is 108 cm³/mol. The maximum atomic E-state index is 13.1. The lowest BCUT2D eigenvalue weighted by Crippen LogP contribution is -2.55. The van der Waals surface area contributed by atoms with Gasteiger partial charge in [-0.15, -0.1) is 0 Å². The third-order valence-electron chi connectivity index (χ3n) is 5.22. The van der Waals surface area contributed by atoms with Gasteiger partial charge in [0.25, 0.3) is 5.91 Å². The van der Waals surface area contributed by atoms with Crippen molar-refractivity contribution >= 4 is 27.5 Å². The highest BCUT2D eigenvalue weighted by molar-refractivity contribution is 7.89. The van der Waals surface area contributed by atoms with Gasteiger partial charge in [0, 0.05) is 26.2 Å². The van der Waals surface area contributed by atoms with Crippen LogP contribution < -0.4 is 9.47 Å². The second-order valence-corrected chi connectivity index (χ2v) is 9.58. The van der Waals surface area contributed by atoms with Crippen LogP contribution in [0.4, 0.5) is 13.2 Å². The van der Waals surface area contributed by atoms with E-state index >= 15 is 0 Å². The number of rotatable bonds is 3. The van der Waals surface area contributed by atoms with Crippen molar-refractivity contribution in [3.8, 4) is 11.5 Å². The Labute approximate surface area is 187 Å². The molecule has 2 aromatic rings. The summed E-state index contributed by atoms with van der Waals surface area (Å²) in [5.74, 6) is 0.637. The maximum Gasteiger partial charge on any atom is 0.417 e. The Hall–Kier alpha value is -2.50. The van der Waals surface area contributed by atoms with E-state index in [0.29, 0.717) is 17.6 Å². The smallest absolute Gasteiger partial charge is 0.417 e. The van der Waals surface area contributed by atoms with Crippen molar-refractivity contribution in [2.24, 2.45) is 0 Å². The summed E-state index contributed by atoms with van der Waals surface area (Å²) < 4.78 is 77.3. The first-order chi connectivity index (χ1) is 15.1. The molecule has 7 nitrogen and oxygen atoms in total. The fraction of sp³-hybridized carbons (Fsp3) is 0.350. The SMILES string of the molecule is O=C([C@H]1COc2ccccc2O1)N1CCN(S(=O)(=O)c2ccc(Cl)c(C(F)(F)F)c2)CC1. The molecule has 0 radical (unpaired) electrons. The number of nitrogens with zero attached hydrogens (tertiary/aromatic N) is 2. The van der Waals surface area contributed by atoms with Gasteiger partial charge in [0.2, 0.25) is 16.1 Å². The third kappa shape index (κ3) is 4.37. The van der Waals surface area contributed by atoms with Crippen LogP contribution in [0.5, 0.6) is 11.5 Å². The molecule has 2 heterocycles. The van der Waals surface area contributed by atoms with Gasteiger partial charge in [0.1, 0.15) is 6.61 Å². The molecule has 1 atom stereocenters. The number of ether oxygens (including phenoxy) is 2. The number of amides is 1. The Balaban J connectivity index is 1.43. The highest BCUT2D eigenvalue weighted by atomic mass is 35.5. The lowest BCUT2D eigenvalue weighted by atomic mass is 10.2. The zero-order valence-electron chi connectivity index (χ0n) is 16.5. The highest BCUT2D eigenvalue weighted by Crippen LogP contribution is 2.36. The van der Waals surface area contributed by atoms with E-state index in [1.165, 1.54) is 4.90 Å². The second-order valence-electron chi connectivity index (χ2n) is 7.23. The Morgan fingerprint density at radius 1 is 1.03 bits per heavy atom. The van der Waals surface area contributed by atoms with Gasteiger partial charge in [-0.05, 0) is 30.3 Å². The van der Waals surface area contributed by atoms with Crippen LogP contribution in [0.1, 0.15) is 5.56 Å². The van der Waals surface area contributed by atoms with E-state index in [0.717, 1.165) is 16.4 Å². The first kappa shape index (κ1) is 22.7. The van der Waals surface area contributed by atoms with E-state index in [2.05, 4.69) is 0 Å². The number of hydrogen-bond acceptors (Lipinski definition) is 5. The number of halogens is 4. The summed E-state index contributed by atoms with van der Waals surface area (Å²) in [6.45, 7) is 0.0301. The Kier molecular flexibility index (Phi) is 5.99. The second kappa shape index (κ2) is 8.45. The van der Waals surface area contributed by atoms with Crippen LogP contribution in [-0.2, 0) is 21.0 Å². The molecule has 4 rings (SSSR count). The van der Waals surface area contributed by atoms with Crippen LogP contribution in [0, 0.1) is 0 Å². The number of carbonyl (C=O) groups is 1. The van der Waals surface area contributed by atoms with Crippen molar-refractivity contribution < 1.29 is 35.9 Å². The van der Waals surface area contributed by atoms with Crippen LogP contribution in [0.15, 0.2) is 47.4 Å². The van der Waals surface area contributed by atoms with Crippen molar-refractivity contribution in [2.75, 3.05) is 32.8 Å². The summed E-state index contributed by atoms with van der Waals surface area (Å²) in [6, 6.07) is 9.41. The molecule has 0 N–H and O–H groups in total. The number of fused-ring (bicyclic) bond motifs is 1. The highest BCUT2D eigenvalue weighted by Gasteiger charge is 2.38. The van der Waals surface area contributed by atoms with E-state index in [4.69, 9.17) is 21.1 Å². The Morgan fingerprint density at radius 3 is 2.34 bits per heavy atom. The average Bonchev–Trinajstić information content (AvgIpc) is 2.77. The van der Waals surface area contributed by atoms with Crippen molar-refractivity contribution in [1.29, 1.82) is 0 Å². The molecule has 2 aromatic carbocycles. The topological polar surface area (TPSA) is 76.2 Å². The molecule has 2 aliphatic heterocycles. The van der Waals surface area contributed by atoms with Gasteiger partial charge in [0.05, 0.1) is 15.5 Å². The van der Waals surface area contributed by atoms with E-state index in [1.54, 1.807) is 24.3 Å². The molecule has 0 spiro atoms. The number of benzene rings is 2. The molecule has 32 heavy (non-hydrogen) atoms. The van der Waals surface area contributed by atoms with Gasteiger partial charge >= 0.3 is 6.18 Å². The zero-order chi connectivity index (χ0) is 23.1. The number of sulfonamides is 1. The molecule has 1 fully saturated rings. The van der Waals surface area contributed by atoms with Crippen LogP contribution >= 0.6 is 11.6 Å². The molecular weight excluding hydrogens is 473 g/mol. The first-order valence-corrected chi connectivity index (χ1v) is 11.4. The molecule has 2 aliphatic rings. The molecule has 1 saturated heterocycles. The standard InChI is InChI=1S/C20H18ClF3N2O5S/c21-15-6-5-13(11-14(15)20(22,23)24)32(28,29)26-9-7-25(8-10-26)19(27)18-12-30-16-3-1-2-4-17(16)31-18/h1-6,11,18H,7-10,12H2/t18-/m1/s1. The minimum atomic E-state index is -4.78. The fourth-order valence-corrected chi connectivity index (χ4v) is 5.20. The van der Waals surface area contributed by atoms with Crippen molar-refractivity contribution in [2.45, 2.75) is 17.2 Å². The minimum absolute atomic E-state index is 0.0271. The van der Waals surface area contributed by atoms with Crippen LogP contribution in [0.2, 0.25) is 5.02 Å². The van der Waals surface area contributed by atoms with E-state index < -0.39 is 37.8 Å². The van der Waals surface area contributed by atoms with Crippen molar-refractivity contribution in [3.63, 3.8) is 0 Å². The molecule has 1 amide bonds. The number of alkyl halides is 3. The van der Waals surface area contributed by atoms with Gasteiger partial charge in [0.15, 0.2) is 11.5 Å². The molecule has 12 heteroatoms. The first-order valence-electron chi connectivity index (χ1n) is 9.61. The van der Waals surface area contributed by atoms with Crippen LogP contribution in [0.25, 0.3) is 0 Å². The van der Waals surface area contributed by atoms with Gasteiger partial charge < -0.3 is 14.4 Å². The molecule has 172 valence electrons. The van der Waals surface area contributed by atoms with E-state index in [1.807, 2.05) is 0 Å². The normalized spacial score (nSPS) is 19.6. The maximum absolute atomic E-state index is 13.1. The van der Waals surface area contributed by atoms with Gasteiger partial charge in [-0.3, -0.25) is 4.79 Å². The van der Waals surface area contributed by atoms with Gasteiger partial charge in [-0.2, -0.15) is 17.5 Å². The number of para-hydroxylation sites is 2. The molecule has 0 aliphatic carbocycles. The summed E-state index contributed by atoms with van der Waals surface area (Å²) >= 11 is 5.58. The van der Waals surface area contributed by atoms with Crippen molar-refractivity contribution in [3.05, 3.63) is 53.1 Å². The summed E-state index contributed by atoms with van der Waals surface area (Å²) in [6.07, 6.45) is -5.65. The molecule has 0 bridgehead atoms. The fourth-order valence-electron chi connectivity index (χ4n) is 3.52. The van der Waals surface area contributed by atoms with Gasteiger partial charge in [-0.25, -0.2) is 8.42 Å². The Morgan fingerprint density at radius 2 is 1.69 bits per heavy atom. The van der Waals surface area contributed by atoms with E-state index in [-0.39, 0.29) is 38.7 Å². The monoisotopic (exact) mass is 490 g/mol. The Bertz CT molecular complexity index is 1130. The van der Waals surface area contributed by atoms with E-state index in [9.17, 15) is 26.4 Å². The summed E-state index contributed by atoms with van der Waals surface area (Å²) in [4.78, 5) is 13.7. The lowest BCUT2D eigenvalue weighted by molar-refractivity contribution is -0.142. The van der Waals surface area contributed by atoms with Crippen LogP contribution in [-0.4, -0.2) is 62.4 Å². The summed E-state index contributed by atoms with van der Waals surface area (Å²) in [5, 5.41) is -0.580. The van der Waals surface area contributed by atoms with Crippen molar-refractivity contribution in [1.82, 2.24) is 9.21 Å². The average molecular weight is 491 g/mol. The molecule has 0 unspecified atom stereocenters. The zero-order valence-corrected chi connectivity index (χ0v) is 18.1. The minimum Gasteiger partial charge on any atom is -0.485 e. The molecule has 0 aromatic heterocycles. The molecule has 0 saturated carbocycles. The molecular formula is C20H18ClF3N2O5S. The summed E-state index contributed by atoms with van der Waals surface area (Å²) in [7, 11) is -4.19. The van der Waals surface area contributed by atoms with Crippen LogP contribution in [0.3, 0.4) is 0 Å². The van der Waals surface area contributed by atoms with Gasteiger partial charge in [-0.1, -0.05) is 23.7 Å². The quantitative estimate of drug-likeness (QED) is 0.661. The third-order valence-corrected chi connectivity index (χ3v) is 7.44. The predicted octanol–water partition coefficient (Wildman–Crippen LogP) is 3.03. The number of hydrogen-bond donors (Lipinski definition) is 0. The lowest BCUT2D eigenvalue weighted by Gasteiger charge is -2.36. The largest absolute Gasteiger partial charge is 0.485 e. The number of piperazine rings is 1. The summed E-state index contributed by atoms with van der Waals surface area (Å²) in [5.41, 5.74) is -1.22. The number of carbonyl (C=O) groups excluding carboxylic acids is 1.